The molecule has 0 saturated carbocycles. The summed E-state index contributed by atoms with van der Waals surface area (Å²) in [6.45, 7) is 0.241. The Labute approximate surface area is 76.0 Å². The SMILES string of the molecule is C[C@H](O)C(CO)OC(O)C(O)CO. The van der Waals surface area contributed by atoms with Crippen molar-refractivity contribution < 1.29 is 30.3 Å². The maximum Gasteiger partial charge on any atom is 0.183 e. The molecule has 6 heteroatoms. The maximum atomic E-state index is 9.01. The van der Waals surface area contributed by atoms with Crippen LogP contribution in [0.25, 0.3) is 0 Å². The van der Waals surface area contributed by atoms with Gasteiger partial charge < -0.3 is 30.3 Å². The van der Waals surface area contributed by atoms with Crippen LogP contribution in [0.5, 0.6) is 0 Å². The molecule has 5 N–H and O–H groups in total. The van der Waals surface area contributed by atoms with E-state index in [4.69, 9.17) is 25.5 Å². The monoisotopic (exact) mass is 196 g/mol. The van der Waals surface area contributed by atoms with E-state index in [9.17, 15) is 0 Å². The van der Waals surface area contributed by atoms with Gasteiger partial charge in [0.05, 0.1) is 19.3 Å². The molecule has 0 aliphatic carbocycles. The molecule has 4 atom stereocenters. The number of hydrogen-bond donors (Lipinski definition) is 5. The Morgan fingerprint density at radius 1 is 1.08 bits per heavy atom. The van der Waals surface area contributed by atoms with Crippen molar-refractivity contribution in [2.45, 2.75) is 31.5 Å². The van der Waals surface area contributed by atoms with Crippen molar-refractivity contribution in [3.8, 4) is 0 Å². The van der Waals surface area contributed by atoms with Gasteiger partial charge in [-0.2, -0.15) is 0 Å². The molecule has 0 bridgehead atoms. The van der Waals surface area contributed by atoms with Gasteiger partial charge in [-0.1, -0.05) is 0 Å². The summed E-state index contributed by atoms with van der Waals surface area (Å²) in [4.78, 5) is 0. The van der Waals surface area contributed by atoms with Gasteiger partial charge in [-0.05, 0) is 6.92 Å². The van der Waals surface area contributed by atoms with Crippen LogP contribution in [0.4, 0.5) is 0 Å². The van der Waals surface area contributed by atoms with E-state index >= 15 is 0 Å². The summed E-state index contributed by atoms with van der Waals surface area (Å²) >= 11 is 0. The Bertz CT molecular complexity index is 128. The van der Waals surface area contributed by atoms with Crippen molar-refractivity contribution in [2.24, 2.45) is 0 Å². The molecule has 6 nitrogen and oxygen atoms in total. The summed E-state index contributed by atoms with van der Waals surface area (Å²) in [6, 6.07) is 0. The molecule has 0 aromatic carbocycles. The number of hydrogen-bond acceptors (Lipinski definition) is 6. The zero-order valence-electron chi connectivity index (χ0n) is 7.37. The number of ether oxygens (including phenoxy) is 1. The van der Waals surface area contributed by atoms with E-state index in [1.807, 2.05) is 0 Å². The summed E-state index contributed by atoms with van der Waals surface area (Å²) < 4.78 is 4.66. The van der Waals surface area contributed by atoms with E-state index in [0.717, 1.165) is 0 Å². The van der Waals surface area contributed by atoms with Gasteiger partial charge in [0.2, 0.25) is 0 Å². The quantitative estimate of drug-likeness (QED) is 0.298. The van der Waals surface area contributed by atoms with Crippen molar-refractivity contribution in [2.75, 3.05) is 13.2 Å². The fourth-order valence-corrected chi connectivity index (χ4v) is 0.669. The zero-order valence-corrected chi connectivity index (χ0v) is 7.37. The lowest BCUT2D eigenvalue weighted by Crippen LogP contribution is -2.40. The van der Waals surface area contributed by atoms with Gasteiger partial charge in [0, 0.05) is 0 Å². The van der Waals surface area contributed by atoms with E-state index < -0.39 is 37.8 Å². The van der Waals surface area contributed by atoms with E-state index in [-0.39, 0.29) is 0 Å². The molecule has 0 amide bonds. The Morgan fingerprint density at radius 3 is 1.92 bits per heavy atom. The molecule has 0 aromatic rings. The van der Waals surface area contributed by atoms with Crippen LogP contribution >= 0.6 is 0 Å². The largest absolute Gasteiger partial charge is 0.394 e. The molecule has 3 unspecified atom stereocenters. The Hall–Kier alpha value is -0.240. The summed E-state index contributed by atoms with van der Waals surface area (Å²) in [5, 5.41) is 43.9. The minimum Gasteiger partial charge on any atom is -0.394 e. The molecule has 80 valence electrons. The number of rotatable bonds is 6. The third kappa shape index (κ3) is 4.51. The highest BCUT2D eigenvalue weighted by Crippen LogP contribution is 2.04. The first-order chi connectivity index (χ1) is 6.02. The second kappa shape index (κ2) is 6.25. The molecule has 0 aliphatic rings. The zero-order chi connectivity index (χ0) is 10.4. The third-order valence-corrected chi connectivity index (χ3v) is 1.55. The average molecular weight is 196 g/mol. The van der Waals surface area contributed by atoms with Gasteiger partial charge in [0.25, 0.3) is 0 Å². The van der Waals surface area contributed by atoms with Crippen LogP contribution in [-0.4, -0.2) is 63.3 Å². The summed E-state index contributed by atoms with van der Waals surface area (Å²) in [7, 11) is 0. The van der Waals surface area contributed by atoms with Crippen molar-refractivity contribution in [1.29, 1.82) is 0 Å². The highest BCUT2D eigenvalue weighted by Gasteiger charge is 2.23. The summed E-state index contributed by atoms with van der Waals surface area (Å²) in [5.74, 6) is 0. The third-order valence-electron chi connectivity index (χ3n) is 1.55. The lowest BCUT2D eigenvalue weighted by atomic mass is 10.2. The Morgan fingerprint density at radius 2 is 1.62 bits per heavy atom. The van der Waals surface area contributed by atoms with Gasteiger partial charge >= 0.3 is 0 Å². The highest BCUT2D eigenvalue weighted by atomic mass is 16.6. The van der Waals surface area contributed by atoms with Crippen molar-refractivity contribution in [1.82, 2.24) is 0 Å². The van der Waals surface area contributed by atoms with Gasteiger partial charge in [-0.3, -0.25) is 0 Å². The Balaban J connectivity index is 3.93. The van der Waals surface area contributed by atoms with Crippen LogP contribution in [-0.2, 0) is 4.74 Å². The fourth-order valence-electron chi connectivity index (χ4n) is 0.669. The van der Waals surface area contributed by atoms with E-state index in [1.165, 1.54) is 6.92 Å². The average Bonchev–Trinajstić information content (AvgIpc) is 2.11. The second-order valence-corrected chi connectivity index (χ2v) is 2.74. The predicted octanol–water partition coefficient (Wildman–Crippen LogP) is -2.58. The van der Waals surface area contributed by atoms with E-state index in [2.05, 4.69) is 4.74 Å². The lowest BCUT2D eigenvalue weighted by molar-refractivity contribution is -0.217. The first-order valence-electron chi connectivity index (χ1n) is 3.94. The Kier molecular flexibility index (Phi) is 6.13. The van der Waals surface area contributed by atoms with Gasteiger partial charge in [0.15, 0.2) is 6.29 Å². The minimum absolute atomic E-state index is 0.479. The van der Waals surface area contributed by atoms with Crippen LogP contribution in [0.1, 0.15) is 6.92 Å². The van der Waals surface area contributed by atoms with E-state index in [0.29, 0.717) is 0 Å². The highest BCUT2D eigenvalue weighted by molar-refractivity contribution is 4.66. The fraction of sp³-hybridized carbons (Fsp3) is 1.00. The van der Waals surface area contributed by atoms with E-state index in [1.54, 1.807) is 0 Å². The molecule has 0 aliphatic heterocycles. The molecule has 0 heterocycles. The van der Waals surface area contributed by atoms with Crippen LogP contribution in [0.2, 0.25) is 0 Å². The molecule has 0 aromatic heterocycles. The topological polar surface area (TPSA) is 110 Å². The lowest BCUT2D eigenvalue weighted by Gasteiger charge is -2.24. The number of aliphatic hydroxyl groups excluding tert-OH is 5. The maximum absolute atomic E-state index is 9.01. The first-order valence-corrected chi connectivity index (χ1v) is 3.94. The predicted molar refractivity (Wildman–Crippen MR) is 42.7 cm³/mol. The van der Waals surface area contributed by atoms with Crippen molar-refractivity contribution in [3.63, 3.8) is 0 Å². The second-order valence-electron chi connectivity index (χ2n) is 2.74. The van der Waals surface area contributed by atoms with Gasteiger partial charge in [-0.25, -0.2) is 0 Å². The molecule has 13 heavy (non-hydrogen) atoms. The molecule has 0 rings (SSSR count). The normalized spacial score (nSPS) is 20.8. The standard InChI is InChI=1S/C7H16O6/c1-4(10)6(3-9)13-7(12)5(11)2-8/h4-12H,2-3H2,1H3/t4-,5?,6?,7?/m0/s1. The van der Waals surface area contributed by atoms with Gasteiger partial charge in [0.1, 0.15) is 12.2 Å². The minimum atomic E-state index is -1.61. The smallest absolute Gasteiger partial charge is 0.183 e. The van der Waals surface area contributed by atoms with Crippen LogP contribution in [0.15, 0.2) is 0 Å². The molecule has 0 saturated heterocycles. The van der Waals surface area contributed by atoms with Crippen molar-refractivity contribution in [3.05, 3.63) is 0 Å². The molecular weight excluding hydrogens is 180 g/mol. The van der Waals surface area contributed by atoms with Crippen LogP contribution in [0, 0.1) is 0 Å². The van der Waals surface area contributed by atoms with Crippen molar-refractivity contribution >= 4 is 0 Å². The first kappa shape index (κ1) is 12.8. The molecular formula is C7H16O6. The molecule has 0 fully saturated rings. The number of aliphatic hydroxyl groups is 5. The molecule has 0 radical (unpaired) electrons. The van der Waals surface area contributed by atoms with Crippen LogP contribution < -0.4 is 0 Å². The summed E-state index contributed by atoms with van der Waals surface area (Å²) in [5.41, 5.74) is 0. The van der Waals surface area contributed by atoms with Crippen LogP contribution in [0.3, 0.4) is 0 Å². The van der Waals surface area contributed by atoms with Gasteiger partial charge in [-0.15, -0.1) is 0 Å². The molecule has 0 spiro atoms. The summed E-state index contributed by atoms with van der Waals surface area (Å²) in [6.07, 6.45) is -4.99.